The molecule has 0 saturated carbocycles. The topological polar surface area (TPSA) is 74.2 Å². The number of carbonyl (C=O) groups is 1. The zero-order chi connectivity index (χ0) is 18.8. The van der Waals surface area contributed by atoms with E-state index in [0.717, 1.165) is 0 Å². The maximum atomic E-state index is 11.8. The molecule has 0 aromatic heterocycles. The predicted molar refractivity (Wildman–Crippen MR) is 99.2 cm³/mol. The van der Waals surface area contributed by atoms with Crippen molar-refractivity contribution in [2.45, 2.75) is 6.92 Å². The summed E-state index contributed by atoms with van der Waals surface area (Å²) < 4.78 is 22.3. The number of rotatable bonds is 6. The normalized spacial score (nSPS) is 10.8. The molecular weight excluding hydrogens is 336 g/mol. The largest absolute Gasteiger partial charge is 0.493 e. The number of hydrogen-bond donors (Lipinski definition) is 1. The van der Waals surface area contributed by atoms with Gasteiger partial charge in [-0.25, -0.2) is 4.79 Å². The first-order chi connectivity index (χ1) is 12.6. The molecule has 0 amide bonds. The van der Waals surface area contributed by atoms with Crippen molar-refractivity contribution >= 4 is 27.5 Å². The Labute approximate surface area is 150 Å². The molecular formula is C20H20O6. The molecule has 0 aliphatic rings. The molecule has 6 nitrogen and oxygen atoms in total. The maximum absolute atomic E-state index is 11.8. The SMILES string of the molecule is CCOc1ccc2c(C(=O)O)cc3ccc(OC)c(OC)c3c2c1OC. The van der Waals surface area contributed by atoms with Gasteiger partial charge in [-0.05, 0) is 36.6 Å². The Hall–Kier alpha value is -3.15. The highest BCUT2D eigenvalue weighted by atomic mass is 16.5. The summed E-state index contributed by atoms with van der Waals surface area (Å²) in [6.45, 7) is 2.33. The Balaban J connectivity index is 2.61. The van der Waals surface area contributed by atoms with Crippen molar-refractivity contribution < 1.29 is 28.8 Å². The van der Waals surface area contributed by atoms with E-state index >= 15 is 0 Å². The molecule has 3 rings (SSSR count). The predicted octanol–water partition coefficient (Wildman–Crippen LogP) is 4.12. The molecule has 0 aliphatic heterocycles. The van der Waals surface area contributed by atoms with Gasteiger partial charge in [0, 0.05) is 16.2 Å². The van der Waals surface area contributed by atoms with Crippen molar-refractivity contribution in [3.05, 3.63) is 35.9 Å². The lowest BCUT2D eigenvalue weighted by Gasteiger charge is -2.18. The maximum Gasteiger partial charge on any atom is 0.336 e. The Morgan fingerprint density at radius 3 is 2.15 bits per heavy atom. The van der Waals surface area contributed by atoms with Crippen LogP contribution in [0.3, 0.4) is 0 Å². The standard InChI is InChI=1S/C20H20O6/c1-5-26-15-9-7-12-13(20(21)22)10-11-6-8-14(23-2)18(24-3)16(11)17(12)19(15)25-4/h6-10H,5H2,1-4H3,(H,21,22). The molecule has 0 heterocycles. The van der Waals surface area contributed by atoms with Crippen LogP contribution in [0.5, 0.6) is 23.0 Å². The van der Waals surface area contributed by atoms with Gasteiger partial charge in [0.1, 0.15) is 0 Å². The second kappa shape index (κ2) is 7.00. The number of methoxy groups -OCH3 is 3. The third-order valence-electron chi connectivity index (χ3n) is 4.27. The van der Waals surface area contributed by atoms with Gasteiger partial charge in [0.15, 0.2) is 23.0 Å². The molecule has 0 saturated heterocycles. The number of hydrogen-bond acceptors (Lipinski definition) is 5. The summed E-state index contributed by atoms with van der Waals surface area (Å²) in [6.07, 6.45) is 0. The van der Waals surface area contributed by atoms with E-state index in [1.165, 1.54) is 7.11 Å². The lowest BCUT2D eigenvalue weighted by molar-refractivity contribution is 0.0699. The minimum absolute atomic E-state index is 0.182. The molecule has 1 N–H and O–H groups in total. The first-order valence-corrected chi connectivity index (χ1v) is 8.11. The van der Waals surface area contributed by atoms with Gasteiger partial charge < -0.3 is 24.1 Å². The highest BCUT2D eigenvalue weighted by Crippen LogP contribution is 2.47. The Bertz CT molecular complexity index is 993. The van der Waals surface area contributed by atoms with E-state index in [2.05, 4.69) is 0 Å². The smallest absolute Gasteiger partial charge is 0.336 e. The van der Waals surface area contributed by atoms with E-state index in [4.69, 9.17) is 18.9 Å². The fourth-order valence-electron chi connectivity index (χ4n) is 3.24. The van der Waals surface area contributed by atoms with E-state index in [-0.39, 0.29) is 5.56 Å². The van der Waals surface area contributed by atoms with Crippen LogP contribution in [0.1, 0.15) is 17.3 Å². The minimum Gasteiger partial charge on any atom is -0.493 e. The van der Waals surface area contributed by atoms with Crippen LogP contribution in [0.2, 0.25) is 0 Å². The molecule has 0 unspecified atom stereocenters. The first kappa shape index (κ1) is 17.7. The molecule has 0 aliphatic carbocycles. The first-order valence-electron chi connectivity index (χ1n) is 8.11. The zero-order valence-corrected chi connectivity index (χ0v) is 15.1. The van der Waals surface area contributed by atoms with Gasteiger partial charge >= 0.3 is 5.97 Å². The third-order valence-corrected chi connectivity index (χ3v) is 4.27. The van der Waals surface area contributed by atoms with E-state index in [9.17, 15) is 9.90 Å². The number of aromatic carboxylic acids is 1. The van der Waals surface area contributed by atoms with Gasteiger partial charge in [-0.3, -0.25) is 0 Å². The number of benzene rings is 3. The lowest BCUT2D eigenvalue weighted by Crippen LogP contribution is -2.02. The summed E-state index contributed by atoms with van der Waals surface area (Å²) in [4.78, 5) is 11.8. The van der Waals surface area contributed by atoms with Crippen molar-refractivity contribution in [3.63, 3.8) is 0 Å². The molecule has 0 bridgehead atoms. The molecule has 0 radical (unpaired) electrons. The highest BCUT2D eigenvalue weighted by Gasteiger charge is 2.22. The molecule has 6 heteroatoms. The van der Waals surface area contributed by atoms with Gasteiger partial charge in [-0.1, -0.05) is 6.07 Å². The second-order valence-corrected chi connectivity index (χ2v) is 5.58. The third kappa shape index (κ3) is 2.63. The average molecular weight is 356 g/mol. The van der Waals surface area contributed by atoms with E-state index in [0.29, 0.717) is 51.1 Å². The van der Waals surface area contributed by atoms with Crippen LogP contribution in [0, 0.1) is 0 Å². The highest BCUT2D eigenvalue weighted by molar-refractivity contribution is 6.20. The quantitative estimate of drug-likeness (QED) is 0.670. The van der Waals surface area contributed by atoms with Gasteiger partial charge in [0.05, 0.1) is 33.5 Å². The molecule has 3 aromatic carbocycles. The van der Waals surface area contributed by atoms with Gasteiger partial charge in [0.25, 0.3) is 0 Å². The summed E-state index contributed by atoms with van der Waals surface area (Å²) in [5.74, 6) is 1.05. The van der Waals surface area contributed by atoms with E-state index < -0.39 is 5.97 Å². The molecule has 26 heavy (non-hydrogen) atoms. The fourth-order valence-corrected chi connectivity index (χ4v) is 3.24. The molecule has 136 valence electrons. The van der Waals surface area contributed by atoms with Crippen molar-refractivity contribution in [2.75, 3.05) is 27.9 Å². The summed E-state index contributed by atoms with van der Waals surface area (Å²) in [6, 6.07) is 8.62. The fraction of sp³-hybridized carbons (Fsp3) is 0.250. The lowest BCUT2D eigenvalue weighted by atomic mass is 9.95. The molecule has 0 spiro atoms. The van der Waals surface area contributed by atoms with Gasteiger partial charge in [0.2, 0.25) is 0 Å². The van der Waals surface area contributed by atoms with Gasteiger partial charge in [-0.15, -0.1) is 0 Å². The van der Waals surface area contributed by atoms with Gasteiger partial charge in [-0.2, -0.15) is 0 Å². The number of carboxylic acids is 1. The van der Waals surface area contributed by atoms with Crippen LogP contribution in [0.25, 0.3) is 21.5 Å². The summed E-state index contributed by atoms with van der Waals surface area (Å²) in [5.41, 5.74) is 0.182. The van der Waals surface area contributed by atoms with Crippen molar-refractivity contribution in [2.24, 2.45) is 0 Å². The summed E-state index contributed by atoms with van der Waals surface area (Å²) >= 11 is 0. The Morgan fingerprint density at radius 1 is 0.923 bits per heavy atom. The summed E-state index contributed by atoms with van der Waals surface area (Å²) in [5, 5.41) is 12.3. The van der Waals surface area contributed by atoms with Crippen LogP contribution < -0.4 is 18.9 Å². The van der Waals surface area contributed by atoms with Crippen LogP contribution in [0.15, 0.2) is 30.3 Å². The number of fused-ring (bicyclic) bond motifs is 3. The Kier molecular flexibility index (Phi) is 4.75. The average Bonchev–Trinajstić information content (AvgIpc) is 2.65. The second-order valence-electron chi connectivity index (χ2n) is 5.58. The summed E-state index contributed by atoms with van der Waals surface area (Å²) in [7, 11) is 4.64. The van der Waals surface area contributed by atoms with Crippen molar-refractivity contribution in [1.82, 2.24) is 0 Å². The van der Waals surface area contributed by atoms with Crippen LogP contribution in [-0.4, -0.2) is 39.0 Å². The minimum atomic E-state index is -1.02. The zero-order valence-electron chi connectivity index (χ0n) is 15.1. The molecule has 3 aromatic rings. The van der Waals surface area contributed by atoms with Crippen LogP contribution in [-0.2, 0) is 0 Å². The van der Waals surface area contributed by atoms with Crippen molar-refractivity contribution in [3.8, 4) is 23.0 Å². The molecule has 0 fully saturated rings. The Morgan fingerprint density at radius 2 is 1.58 bits per heavy atom. The van der Waals surface area contributed by atoms with E-state index in [1.54, 1.807) is 44.6 Å². The molecule has 0 atom stereocenters. The number of ether oxygens (including phenoxy) is 4. The number of carboxylic acid groups (broad SMARTS) is 1. The van der Waals surface area contributed by atoms with Crippen LogP contribution in [0.4, 0.5) is 0 Å². The van der Waals surface area contributed by atoms with E-state index in [1.807, 2.05) is 6.92 Å². The monoisotopic (exact) mass is 356 g/mol. The van der Waals surface area contributed by atoms with Crippen LogP contribution >= 0.6 is 0 Å². The van der Waals surface area contributed by atoms with Crippen molar-refractivity contribution in [1.29, 1.82) is 0 Å².